The number of nitrogens with one attached hydrogen (secondary N) is 1. The van der Waals surface area contributed by atoms with Crippen LogP contribution in [0.25, 0.3) is 0 Å². The highest BCUT2D eigenvalue weighted by molar-refractivity contribution is 5.78. The van der Waals surface area contributed by atoms with Crippen molar-refractivity contribution in [3.8, 4) is 0 Å². The minimum atomic E-state index is 0.0392. The van der Waals surface area contributed by atoms with Crippen molar-refractivity contribution in [1.29, 1.82) is 0 Å². The Kier molecular flexibility index (Phi) is 4.53. The molecule has 1 rings (SSSR count). The molecule has 0 spiro atoms. The summed E-state index contributed by atoms with van der Waals surface area (Å²) in [5.41, 5.74) is 2.48. The average molecular weight is 219 g/mol. The van der Waals surface area contributed by atoms with E-state index in [1.807, 2.05) is 20.8 Å². The van der Waals surface area contributed by atoms with Gasteiger partial charge in [-0.2, -0.15) is 0 Å². The molecular formula is C14H21NO. The summed E-state index contributed by atoms with van der Waals surface area (Å²) >= 11 is 0. The van der Waals surface area contributed by atoms with Gasteiger partial charge in [0.2, 0.25) is 5.91 Å². The molecule has 1 N–H and O–H groups in total. The Morgan fingerprint density at radius 1 is 1.19 bits per heavy atom. The summed E-state index contributed by atoms with van der Waals surface area (Å²) in [6.45, 7) is 7.96. The molecule has 0 fully saturated rings. The summed E-state index contributed by atoms with van der Waals surface area (Å²) < 4.78 is 0. The molecule has 0 saturated carbocycles. The normalized spacial score (nSPS) is 12.6. The van der Waals surface area contributed by atoms with E-state index in [-0.39, 0.29) is 17.9 Å². The van der Waals surface area contributed by atoms with E-state index in [2.05, 4.69) is 36.5 Å². The molecule has 0 aliphatic carbocycles. The third-order valence-corrected chi connectivity index (χ3v) is 2.77. The third-order valence-electron chi connectivity index (χ3n) is 2.77. The quantitative estimate of drug-likeness (QED) is 0.828. The molecule has 0 saturated heterocycles. The van der Waals surface area contributed by atoms with Crippen molar-refractivity contribution in [1.82, 2.24) is 5.32 Å². The molecule has 0 aromatic heterocycles. The molecule has 0 aliphatic heterocycles. The Balaban J connectivity index is 2.65. The number of carbonyl (C=O) groups is 1. The molecule has 2 heteroatoms. The first-order valence-corrected chi connectivity index (χ1v) is 5.93. The molecular weight excluding hydrogens is 198 g/mol. The second-order valence-corrected chi connectivity index (χ2v) is 4.48. The SMILES string of the molecule is CCc1ccc([C@@H](C)NC(=O)C(C)C)cc1. The van der Waals surface area contributed by atoms with Gasteiger partial charge in [-0.15, -0.1) is 0 Å². The van der Waals surface area contributed by atoms with Gasteiger partial charge in [-0.1, -0.05) is 45.0 Å². The molecule has 0 unspecified atom stereocenters. The molecule has 88 valence electrons. The predicted molar refractivity (Wildman–Crippen MR) is 67.2 cm³/mol. The van der Waals surface area contributed by atoms with Crippen LogP contribution in [0.3, 0.4) is 0 Å². The van der Waals surface area contributed by atoms with Crippen LogP contribution in [0.4, 0.5) is 0 Å². The van der Waals surface area contributed by atoms with E-state index in [1.54, 1.807) is 0 Å². The van der Waals surface area contributed by atoms with E-state index in [0.29, 0.717) is 0 Å². The first-order chi connectivity index (χ1) is 7.54. The molecule has 0 radical (unpaired) electrons. The highest BCUT2D eigenvalue weighted by Gasteiger charge is 2.11. The van der Waals surface area contributed by atoms with Gasteiger partial charge in [-0.3, -0.25) is 4.79 Å². The molecule has 1 amide bonds. The first kappa shape index (κ1) is 12.8. The standard InChI is InChI=1S/C14H21NO/c1-5-12-6-8-13(9-7-12)11(4)15-14(16)10(2)3/h6-11H,5H2,1-4H3,(H,15,16)/t11-/m1/s1. The maximum atomic E-state index is 11.5. The molecule has 1 aromatic carbocycles. The predicted octanol–water partition coefficient (Wildman–Crippen LogP) is 3.08. The van der Waals surface area contributed by atoms with Crippen molar-refractivity contribution >= 4 is 5.91 Å². The summed E-state index contributed by atoms with van der Waals surface area (Å²) in [5.74, 6) is 0.143. The van der Waals surface area contributed by atoms with Crippen LogP contribution in [0.15, 0.2) is 24.3 Å². The van der Waals surface area contributed by atoms with Crippen LogP contribution in [0.1, 0.15) is 44.9 Å². The molecule has 1 aromatic rings. The van der Waals surface area contributed by atoms with E-state index in [9.17, 15) is 4.79 Å². The lowest BCUT2D eigenvalue weighted by Crippen LogP contribution is -2.30. The van der Waals surface area contributed by atoms with E-state index >= 15 is 0 Å². The lowest BCUT2D eigenvalue weighted by atomic mass is 10.0. The number of aryl methyl sites for hydroxylation is 1. The smallest absolute Gasteiger partial charge is 0.223 e. The Morgan fingerprint density at radius 2 is 1.75 bits per heavy atom. The van der Waals surface area contributed by atoms with Gasteiger partial charge < -0.3 is 5.32 Å². The number of hydrogen-bond donors (Lipinski definition) is 1. The average Bonchev–Trinajstić information content (AvgIpc) is 2.28. The maximum absolute atomic E-state index is 11.5. The number of carbonyl (C=O) groups excluding carboxylic acids is 1. The summed E-state index contributed by atoms with van der Waals surface area (Å²) in [6.07, 6.45) is 1.05. The minimum Gasteiger partial charge on any atom is -0.349 e. The van der Waals surface area contributed by atoms with Crippen LogP contribution in [0.2, 0.25) is 0 Å². The Labute approximate surface area is 98.1 Å². The van der Waals surface area contributed by atoms with Crippen LogP contribution in [0, 0.1) is 5.92 Å². The zero-order valence-electron chi connectivity index (χ0n) is 10.6. The Morgan fingerprint density at radius 3 is 2.19 bits per heavy atom. The third kappa shape index (κ3) is 3.37. The number of benzene rings is 1. The molecule has 2 nitrogen and oxygen atoms in total. The van der Waals surface area contributed by atoms with Gasteiger partial charge in [-0.05, 0) is 24.5 Å². The number of hydrogen-bond acceptors (Lipinski definition) is 1. The van der Waals surface area contributed by atoms with Gasteiger partial charge >= 0.3 is 0 Å². The lowest BCUT2D eigenvalue weighted by molar-refractivity contribution is -0.124. The van der Waals surface area contributed by atoms with E-state index in [1.165, 1.54) is 5.56 Å². The van der Waals surface area contributed by atoms with Crippen LogP contribution in [-0.4, -0.2) is 5.91 Å². The summed E-state index contributed by atoms with van der Waals surface area (Å²) in [5, 5.41) is 2.99. The second-order valence-electron chi connectivity index (χ2n) is 4.48. The highest BCUT2D eigenvalue weighted by atomic mass is 16.1. The molecule has 0 heterocycles. The number of rotatable bonds is 4. The van der Waals surface area contributed by atoms with Crippen molar-refractivity contribution in [2.45, 2.75) is 40.2 Å². The zero-order chi connectivity index (χ0) is 12.1. The molecule has 0 bridgehead atoms. The Bertz CT molecular complexity index is 340. The van der Waals surface area contributed by atoms with Gasteiger partial charge in [-0.25, -0.2) is 0 Å². The number of amides is 1. The van der Waals surface area contributed by atoms with Crippen LogP contribution < -0.4 is 5.32 Å². The Hall–Kier alpha value is -1.31. The monoisotopic (exact) mass is 219 g/mol. The largest absolute Gasteiger partial charge is 0.349 e. The zero-order valence-corrected chi connectivity index (χ0v) is 10.6. The fourth-order valence-electron chi connectivity index (χ4n) is 1.51. The van der Waals surface area contributed by atoms with E-state index < -0.39 is 0 Å². The fraction of sp³-hybridized carbons (Fsp3) is 0.500. The van der Waals surface area contributed by atoms with E-state index in [0.717, 1.165) is 12.0 Å². The topological polar surface area (TPSA) is 29.1 Å². The van der Waals surface area contributed by atoms with Crippen LogP contribution in [-0.2, 0) is 11.2 Å². The highest BCUT2D eigenvalue weighted by Crippen LogP contribution is 2.14. The maximum Gasteiger partial charge on any atom is 0.223 e. The summed E-state index contributed by atoms with van der Waals surface area (Å²) in [7, 11) is 0. The van der Waals surface area contributed by atoms with Crippen LogP contribution >= 0.6 is 0 Å². The van der Waals surface area contributed by atoms with Crippen molar-refractivity contribution in [3.05, 3.63) is 35.4 Å². The molecule has 1 atom stereocenters. The van der Waals surface area contributed by atoms with Crippen molar-refractivity contribution in [2.24, 2.45) is 5.92 Å². The molecule has 16 heavy (non-hydrogen) atoms. The van der Waals surface area contributed by atoms with Gasteiger partial charge in [0, 0.05) is 5.92 Å². The van der Waals surface area contributed by atoms with Gasteiger partial charge in [0.1, 0.15) is 0 Å². The second kappa shape index (κ2) is 5.69. The first-order valence-electron chi connectivity index (χ1n) is 5.93. The van der Waals surface area contributed by atoms with Gasteiger partial charge in [0.05, 0.1) is 6.04 Å². The van der Waals surface area contributed by atoms with Crippen molar-refractivity contribution < 1.29 is 4.79 Å². The van der Waals surface area contributed by atoms with Gasteiger partial charge in [0.15, 0.2) is 0 Å². The lowest BCUT2D eigenvalue weighted by Gasteiger charge is -2.16. The van der Waals surface area contributed by atoms with Crippen molar-refractivity contribution in [3.63, 3.8) is 0 Å². The fourth-order valence-corrected chi connectivity index (χ4v) is 1.51. The van der Waals surface area contributed by atoms with Crippen LogP contribution in [0.5, 0.6) is 0 Å². The summed E-state index contributed by atoms with van der Waals surface area (Å²) in [6, 6.07) is 8.50. The molecule has 0 aliphatic rings. The van der Waals surface area contributed by atoms with Crippen molar-refractivity contribution in [2.75, 3.05) is 0 Å². The minimum absolute atomic E-state index is 0.0392. The van der Waals surface area contributed by atoms with Gasteiger partial charge in [0.25, 0.3) is 0 Å². The summed E-state index contributed by atoms with van der Waals surface area (Å²) in [4.78, 5) is 11.5. The van der Waals surface area contributed by atoms with E-state index in [4.69, 9.17) is 0 Å².